The van der Waals surface area contributed by atoms with Crippen LogP contribution < -0.4 is 9.47 Å². The third-order valence-electron chi connectivity index (χ3n) is 3.15. The molecule has 0 amide bonds. The van der Waals surface area contributed by atoms with Crippen LogP contribution in [0.2, 0.25) is 0 Å². The molecular formula is C15H18N2O3. The molecule has 1 atom stereocenters. The van der Waals surface area contributed by atoms with Crippen LogP contribution in [-0.4, -0.2) is 31.3 Å². The summed E-state index contributed by atoms with van der Waals surface area (Å²) < 4.78 is 15.6. The van der Waals surface area contributed by atoms with E-state index in [0.29, 0.717) is 5.88 Å². The van der Waals surface area contributed by atoms with Crippen molar-refractivity contribution in [3.05, 3.63) is 36.0 Å². The number of ether oxygens (including phenoxy) is 3. The molecule has 0 saturated carbocycles. The van der Waals surface area contributed by atoms with Crippen LogP contribution >= 0.6 is 0 Å². The van der Waals surface area contributed by atoms with Crippen molar-refractivity contribution in [3.63, 3.8) is 0 Å². The van der Waals surface area contributed by atoms with E-state index in [4.69, 9.17) is 14.2 Å². The van der Waals surface area contributed by atoms with Gasteiger partial charge < -0.3 is 14.2 Å². The number of hydrogen-bond acceptors (Lipinski definition) is 5. The molecule has 20 heavy (non-hydrogen) atoms. The van der Waals surface area contributed by atoms with Crippen LogP contribution in [0, 0.1) is 0 Å². The lowest BCUT2D eigenvalue weighted by Crippen LogP contribution is -1.98. The normalized spacial score (nSPS) is 12.0. The quantitative estimate of drug-likeness (QED) is 0.839. The van der Waals surface area contributed by atoms with E-state index in [1.165, 1.54) is 7.11 Å². The Hall–Kier alpha value is -2.14. The first-order chi connectivity index (χ1) is 9.69. The molecule has 0 unspecified atom stereocenters. The van der Waals surface area contributed by atoms with Crippen LogP contribution in [0.1, 0.15) is 18.6 Å². The van der Waals surface area contributed by atoms with E-state index < -0.39 is 0 Å². The third kappa shape index (κ3) is 2.88. The Morgan fingerprint density at radius 2 is 1.70 bits per heavy atom. The molecule has 0 fully saturated rings. The third-order valence-corrected chi connectivity index (χ3v) is 3.15. The van der Waals surface area contributed by atoms with Crippen LogP contribution in [0.5, 0.6) is 11.9 Å². The van der Waals surface area contributed by atoms with Crippen molar-refractivity contribution in [2.24, 2.45) is 0 Å². The summed E-state index contributed by atoms with van der Waals surface area (Å²) in [6.07, 6.45) is 1.76. The maximum Gasteiger partial charge on any atom is 0.319 e. The molecule has 1 aromatic carbocycles. The van der Waals surface area contributed by atoms with E-state index in [1.807, 2.05) is 31.2 Å². The van der Waals surface area contributed by atoms with Crippen molar-refractivity contribution < 1.29 is 14.2 Å². The van der Waals surface area contributed by atoms with Gasteiger partial charge in [0, 0.05) is 13.3 Å². The highest BCUT2D eigenvalue weighted by atomic mass is 16.5. The van der Waals surface area contributed by atoms with E-state index in [0.717, 1.165) is 16.7 Å². The highest BCUT2D eigenvalue weighted by molar-refractivity contribution is 5.68. The molecule has 0 aliphatic carbocycles. The Labute approximate surface area is 118 Å². The van der Waals surface area contributed by atoms with E-state index in [2.05, 4.69) is 9.97 Å². The van der Waals surface area contributed by atoms with Crippen LogP contribution in [0.4, 0.5) is 0 Å². The van der Waals surface area contributed by atoms with Gasteiger partial charge in [0.25, 0.3) is 0 Å². The monoisotopic (exact) mass is 274 g/mol. The second kappa shape index (κ2) is 6.34. The molecule has 0 spiro atoms. The first kappa shape index (κ1) is 14.3. The van der Waals surface area contributed by atoms with E-state index in [-0.39, 0.29) is 12.1 Å². The van der Waals surface area contributed by atoms with Crippen molar-refractivity contribution >= 4 is 0 Å². The van der Waals surface area contributed by atoms with Gasteiger partial charge in [-0.2, -0.15) is 4.98 Å². The Morgan fingerprint density at radius 3 is 2.25 bits per heavy atom. The van der Waals surface area contributed by atoms with Crippen molar-refractivity contribution in [1.29, 1.82) is 0 Å². The first-order valence-corrected chi connectivity index (χ1v) is 6.27. The lowest BCUT2D eigenvalue weighted by molar-refractivity contribution is 0.119. The summed E-state index contributed by atoms with van der Waals surface area (Å²) in [5.74, 6) is 0.490. The van der Waals surface area contributed by atoms with Gasteiger partial charge in [0.05, 0.1) is 25.9 Å². The van der Waals surface area contributed by atoms with Crippen molar-refractivity contribution in [2.75, 3.05) is 21.3 Å². The molecule has 106 valence electrons. The Balaban J connectivity index is 2.36. The Bertz CT molecular complexity index is 570. The molecule has 2 rings (SSSR count). The maximum atomic E-state index is 5.29. The summed E-state index contributed by atoms with van der Waals surface area (Å²) in [6.45, 7) is 2.01. The predicted octanol–water partition coefficient (Wildman–Crippen LogP) is 2.87. The van der Waals surface area contributed by atoms with Gasteiger partial charge >= 0.3 is 6.01 Å². The SMILES string of the molecule is COc1ncc(-c2ccc([C@@H](C)OC)cc2)c(OC)n1. The summed E-state index contributed by atoms with van der Waals surface area (Å²) in [6, 6.07) is 8.33. The fourth-order valence-corrected chi connectivity index (χ4v) is 1.87. The Morgan fingerprint density at radius 1 is 1.00 bits per heavy atom. The molecular weight excluding hydrogens is 256 g/mol. The summed E-state index contributed by atoms with van der Waals surface area (Å²) in [5, 5.41) is 0. The molecule has 5 heteroatoms. The van der Waals surface area contributed by atoms with Gasteiger partial charge in [-0.15, -0.1) is 0 Å². The molecule has 5 nitrogen and oxygen atoms in total. The van der Waals surface area contributed by atoms with Gasteiger partial charge in [-0.05, 0) is 18.1 Å². The van der Waals surface area contributed by atoms with Crippen molar-refractivity contribution in [1.82, 2.24) is 9.97 Å². The molecule has 0 aliphatic heterocycles. The van der Waals surface area contributed by atoms with Crippen molar-refractivity contribution in [2.45, 2.75) is 13.0 Å². The van der Waals surface area contributed by atoms with Crippen molar-refractivity contribution in [3.8, 4) is 23.0 Å². The second-order valence-corrected chi connectivity index (χ2v) is 4.28. The molecule has 1 heterocycles. The van der Waals surface area contributed by atoms with Crippen LogP contribution in [0.15, 0.2) is 30.5 Å². The maximum absolute atomic E-state index is 5.29. The van der Waals surface area contributed by atoms with E-state index in [9.17, 15) is 0 Å². The van der Waals surface area contributed by atoms with E-state index >= 15 is 0 Å². The standard InChI is InChI=1S/C15H18N2O3/c1-10(18-2)11-5-7-12(8-6-11)13-9-16-15(20-4)17-14(13)19-3/h5-10H,1-4H3/t10-/m1/s1. The lowest BCUT2D eigenvalue weighted by atomic mass is 10.0. The molecule has 0 radical (unpaired) electrons. The average molecular weight is 274 g/mol. The highest BCUT2D eigenvalue weighted by Crippen LogP contribution is 2.29. The summed E-state index contributed by atoms with van der Waals surface area (Å²) >= 11 is 0. The number of nitrogens with zero attached hydrogens (tertiary/aromatic N) is 2. The topological polar surface area (TPSA) is 53.5 Å². The van der Waals surface area contributed by atoms with Gasteiger partial charge in [0.2, 0.25) is 5.88 Å². The predicted molar refractivity (Wildman–Crippen MR) is 76.0 cm³/mol. The van der Waals surface area contributed by atoms with Gasteiger partial charge in [-0.3, -0.25) is 0 Å². The minimum absolute atomic E-state index is 0.0677. The van der Waals surface area contributed by atoms with Crippen LogP contribution in [0.3, 0.4) is 0 Å². The second-order valence-electron chi connectivity index (χ2n) is 4.28. The summed E-state index contributed by atoms with van der Waals surface area (Å²) in [5.41, 5.74) is 2.92. The number of hydrogen-bond donors (Lipinski definition) is 0. The fraction of sp³-hybridized carbons (Fsp3) is 0.333. The summed E-state index contributed by atoms with van der Waals surface area (Å²) in [4.78, 5) is 8.30. The minimum atomic E-state index is 0.0677. The number of methoxy groups -OCH3 is 3. The average Bonchev–Trinajstić information content (AvgIpc) is 2.53. The number of aromatic nitrogens is 2. The van der Waals surface area contributed by atoms with Gasteiger partial charge in [-0.1, -0.05) is 24.3 Å². The molecule has 2 aromatic rings. The minimum Gasteiger partial charge on any atom is -0.480 e. The Kier molecular flexibility index (Phi) is 4.53. The van der Waals surface area contributed by atoms with Gasteiger partial charge in [-0.25, -0.2) is 4.98 Å². The first-order valence-electron chi connectivity index (χ1n) is 6.27. The molecule has 0 aliphatic rings. The zero-order chi connectivity index (χ0) is 14.5. The fourth-order valence-electron chi connectivity index (χ4n) is 1.87. The zero-order valence-corrected chi connectivity index (χ0v) is 12.1. The molecule has 0 N–H and O–H groups in total. The van der Waals surface area contributed by atoms with E-state index in [1.54, 1.807) is 20.4 Å². The lowest BCUT2D eigenvalue weighted by Gasteiger charge is -2.12. The zero-order valence-electron chi connectivity index (χ0n) is 12.1. The van der Waals surface area contributed by atoms with Gasteiger partial charge in [0.15, 0.2) is 0 Å². The molecule has 0 bridgehead atoms. The number of rotatable bonds is 5. The number of benzene rings is 1. The summed E-state index contributed by atoms with van der Waals surface area (Å²) in [7, 11) is 4.79. The highest BCUT2D eigenvalue weighted by Gasteiger charge is 2.11. The smallest absolute Gasteiger partial charge is 0.319 e. The molecule has 0 saturated heterocycles. The molecule has 1 aromatic heterocycles. The van der Waals surface area contributed by atoms with Crippen LogP contribution in [0.25, 0.3) is 11.1 Å². The van der Waals surface area contributed by atoms with Crippen LogP contribution in [-0.2, 0) is 4.74 Å². The largest absolute Gasteiger partial charge is 0.480 e. The van der Waals surface area contributed by atoms with Gasteiger partial charge in [0.1, 0.15) is 0 Å².